The van der Waals surface area contributed by atoms with Crippen LogP contribution in [-0.2, 0) is 4.79 Å². The molecule has 8 heteroatoms. The molecule has 1 aliphatic rings. The first kappa shape index (κ1) is 17.9. The van der Waals surface area contributed by atoms with Crippen LogP contribution in [0.5, 0.6) is 0 Å². The van der Waals surface area contributed by atoms with Crippen LogP contribution in [0.1, 0.15) is 32.6 Å². The fourth-order valence-electron chi connectivity index (χ4n) is 2.85. The van der Waals surface area contributed by atoms with Crippen molar-refractivity contribution < 1.29 is 4.79 Å². The molecule has 1 amide bonds. The number of carbonyl (C=O) groups excluding carboxylic acids is 1. The van der Waals surface area contributed by atoms with Gasteiger partial charge in [-0.1, -0.05) is 35.5 Å². The average Bonchev–Trinajstić information content (AvgIpc) is 3.10. The van der Waals surface area contributed by atoms with E-state index in [9.17, 15) is 4.79 Å². The summed E-state index contributed by atoms with van der Waals surface area (Å²) in [5.74, 6) is 0.382. The van der Waals surface area contributed by atoms with Gasteiger partial charge in [-0.3, -0.25) is 4.79 Å². The number of allylic oxidation sites excluding steroid dienone is 2. The van der Waals surface area contributed by atoms with Gasteiger partial charge in [-0.05, 0) is 61.2 Å². The number of hydrogen-bond acceptors (Lipinski definition) is 5. The summed E-state index contributed by atoms with van der Waals surface area (Å²) in [5, 5.41) is 12.9. The Labute approximate surface area is 156 Å². The third-order valence-corrected chi connectivity index (χ3v) is 5.19. The summed E-state index contributed by atoms with van der Waals surface area (Å²) < 4.78 is 1.60. The van der Waals surface area contributed by atoms with Crippen LogP contribution in [-0.4, -0.2) is 43.3 Å². The van der Waals surface area contributed by atoms with Gasteiger partial charge in [0.05, 0.1) is 11.4 Å². The summed E-state index contributed by atoms with van der Waals surface area (Å²) in [4.78, 5) is 14.5. The number of tetrazole rings is 1. The maximum atomic E-state index is 12.6. The predicted octanol–water partition coefficient (Wildman–Crippen LogP) is 3.71. The van der Waals surface area contributed by atoms with Crippen molar-refractivity contribution in [3.8, 4) is 5.69 Å². The highest BCUT2D eigenvalue weighted by molar-refractivity contribution is 7.99. The molecule has 0 fully saturated rings. The van der Waals surface area contributed by atoms with Crippen molar-refractivity contribution in [3.63, 3.8) is 0 Å². The number of carbonyl (C=O) groups is 1. The van der Waals surface area contributed by atoms with Crippen molar-refractivity contribution in [3.05, 3.63) is 41.1 Å². The number of hydrogen-bond donors (Lipinski definition) is 0. The number of benzene rings is 1. The van der Waals surface area contributed by atoms with Gasteiger partial charge in [0.2, 0.25) is 11.1 Å². The second kappa shape index (κ2) is 8.49. The molecule has 0 N–H and O–H groups in total. The normalized spacial score (nSPS) is 14.2. The van der Waals surface area contributed by atoms with E-state index < -0.39 is 0 Å². The highest BCUT2D eigenvalue weighted by atomic mass is 35.5. The topological polar surface area (TPSA) is 63.9 Å². The first-order chi connectivity index (χ1) is 12.2. The molecule has 0 saturated heterocycles. The van der Waals surface area contributed by atoms with E-state index in [0.29, 0.717) is 22.5 Å². The maximum absolute atomic E-state index is 12.6. The molecule has 1 aromatic carbocycles. The fraction of sp³-hybridized carbons (Fsp3) is 0.412. The zero-order valence-corrected chi connectivity index (χ0v) is 15.6. The summed E-state index contributed by atoms with van der Waals surface area (Å²) in [6.45, 7) is 2.69. The Morgan fingerprint density at radius 1 is 1.40 bits per heavy atom. The Morgan fingerprint density at radius 3 is 3.00 bits per heavy atom. The second-order valence-corrected chi connectivity index (χ2v) is 7.10. The van der Waals surface area contributed by atoms with Crippen LogP contribution in [0, 0.1) is 0 Å². The van der Waals surface area contributed by atoms with Crippen LogP contribution in [0.3, 0.4) is 0 Å². The molecule has 0 bridgehead atoms. The summed E-state index contributed by atoms with van der Waals surface area (Å²) in [7, 11) is 0. The molecule has 6 nitrogen and oxygen atoms in total. The fourth-order valence-corrected chi connectivity index (χ4v) is 3.80. The van der Waals surface area contributed by atoms with Gasteiger partial charge < -0.3 is 4.90 Å². The van der Waals surface area contributed by atoms with Crippen LogP contribution in [0.2, 0.25) is 5.02 Å². The maximum Gasteiger partial charge on any atom is 0.237 e. The van der Waals surface area contributed by atoms with Crippen molar-refractivity contribution in [2.75, 3.05) is 12.3 Å². The van der Waals surface area contributed by atoms with E-state index in [2.05, 4.69) is 21.6 Å². The van der Waals surface area contributed by atoms with Gasteiger partial charge >= 0.3 is 0 Å². The van der Waals surface area contributed by atoms with Gasteiger partial charge in [0.15, 0.2) is 0 Å². The van der Waals surface area contributed by atoms with Gasteiger partial charge in [-0.15, -0.1) is 5.10 Å². The lowest BCUT2D eigenvalue weighted by Gasteiger charge is -2.26. The van der Waals surface area contributed by atoms with E-state index in [1.165, 1.54) is 18.2 Å². The second-order valence-electron chi connectivity index (χ2n) is 5.72. The molecule has 0 spiro atoms. The lowest BCUT2D eigenvalue weighted by atomic mass is 10.0. The molecule has 1 aromatic heterocycles. The number of thioether (sulfide) groups is 1. The van der Waals surface area contributed by atoms with Crippen molar-refractivity contribution in [2.24, 2.45) is 0 Å². The van der Waals surface area contributed by atoms with Crippen molar-refractivity contribution in [1.82, 2.24) is 25.1 Å². The van der Waals surface area contributed by atoms with Crippen LogP contribution >= 0.6 is 23.4 Å². The van der Waals surface area contributed by atoms with E-state index in [1.807, 2.05) is 24.0 Å². The Balaban J connectivity index is 1.68. The van der Waals surface area contributed by atoms with E-state index in [-0.39, 0.29) is 5.91 Å². The van der Waals surface area contributed by atoms with E-state index in [0.717, 1.165) is 30.6 Å². The Bertz CT molecular complexity index is 776. The first-order valence-corrected chi connectivity index (χ1v) is 9.72. The Kier molecular flexibility index (Phi) is 6.09. The summed E-state index contributed by atoms with van der Waals surface area (Å²) >= 11 is 7.37. The average molecular weight is 378 g/mol. The number of aromatic nitrogens is 4. The van der Waals surface area contributed by atoms with Gasteiger partial charge in [0.25, 0.3) is 0 Å². The Hall–Kier alpha value is -1.86. The molecule has 2 aromatic rings. The quantitative estimate of drug-likeness (QED) is 0.718. The zero-order valence-electron chi connectivity index (χ0n) is 14.1. The Morgan fingerprint density at radius 2 is 2.28 bits per heavy atom. The molecule has 1 aliphatic carbocycles. The van der Waals surface area contributed by atoms with Crippen molar-refractivity contribution >= 4 is 29.3 Å². The lowest BCUT2D eigenvalue weighted by molar-refractivity contribution is -0.126. The lowest BCUT2D eigenvalue weighted by Crippen LogP contribution is -2.32. The van der Waals surface area contributed by atoms with Crippen molar-refractivity contribution in [2.45, 2.75) is 37.8 Å². The molecule has 1 heterocycles. The van der Waals surface area contributed by atoms with Crippen LogP contribution < -0.4 is 0 Å². The molecule has 0 radical (unpaired) electrons. The first-order valence-electron chi connectivity index (χ1n) is 8.35. The monoisotopic (exact) mass is 377 g/mol. The van der Waals surface area contributed by atoms with E-state index >= 15 is 0 Å². The number of nitrogens with zero attached hydrogens (tertiary/aromatic N) is 5. The standard InChI is InChI=1S/C17H20ClN5OS/c1-2-22(14-8-4-3-5-9-14)16(24)12-25-17-19-20-21-23(17)15-10-6-7-13(18)11-15/h6-8,10-11H,2-5,9,12H2,1H3. The zero-order chi connectivity index (χ0) is 17.6. The van der Waals surface area contributed by atoms with Gasteiger partial charge in [0.1, 0.15) is 0 Å². The third-order valence-electron chi connectivity index (χ3n) is 4.05. The van der Waals surface area contributed by atoms with E-state index in [1.54, 1.807) is 16.8 Å². The molecule has 0 unspecified atom stereocenters. The molecule has 0 aliphatic heterocycles. The number of halogens is 1. The molecule has 0 saturated carbocycles. The predicted molar refractivity (Wildman–Crippen MR) is 98.8 cm³/mol. The van der Waals surface area contributed by atoms with Gasteiger partial charge in [0, 0.05) is 17.3 Å². The summed E-state index contributed by atoms with van der Waals surface area (Å²) in [6, 6.07) is 7.30. The molecule has 132 valence electrons. The number of rotatable bonds is 6. The molecule has 3 rings (SSSR count). The number of amides is 1. The van der Waals surface area contributed by atoms with Crippen LogP contribution in [0.4, 0.5) is 0 Å². The van der Waals surface area contributed by atoms with E-state index in [4.69, 9.17) is 11.6 Å². The largest absolute Gasteiger partial charge is 0.316 e. The minimum Gasteiger partial charge on any atom is -0.316 e. The molecular weight excluding hydrogens is 358 g/mol. The minimum absolute atomic E-state index is 0.0845. The third kappa shape index (κ3) is 4.41. The highest BCUT2D eigenvalue weighted by Crippen LogP contribution is 2.24. The SMILES string of the molecule is CCN(C(=O)CSc1nnnn1-c1cccc(Cl)c1)C1=CCCCC1. The van der Waals surface area contributed by atoms with Crippen LogP contribution in [0.15, 0.2) is 41.2 Å². The summed E-state index contributed by atoms with van der Waals surface area (Å²) in [6.07, 6.45) is 6.57. The van der Waals surface area contributed by atoms with Crippen LogP contribution in [0.25, 0.3) is 5.69 Å². The molecule has 25 heavy (non-hydrogen) atoms. The summed E-state index contributed by atoms with van der Waals surface area (Å²) in [5.41, 5.74) is 1.92. The highest BCUT2D eigenvalue weighted by Gasteiger charge is 2.19. The van der Waals surface area contributed by atoms with Crippen molar-refractivity contribution in [1.29, 1.82) is 0 Å². The van der Waals surface area contributed by atoms with Gasteiger partial charge in [-0.2, -0.15) is 4.68 Å². The molecular formula is C17H20ClN5OS. The minimum atomic E-state index is 0.0845. The molecule has 0 atom stereocenters. The smallest absolute Gasteiger partial charge is 0.237 e. The van der Waals surface area contributed by atoms with Gasteiger partial charge in [-0.25, -0.2) is 0 Å².